The average molecular weight is 267 g/mol. The Labute approximate surface area is 119 Å². The van der Waals surface area contributed by atoms with Crippen LogP contribution in [0, 0.1) is 5.41 Å². The number of nitrogens with two attached hydrogens (primary N) is 1. The third-order valence-corrected chi connectivity index (χ3v) is 4.99. The van der Waals surface area contributed by atoms with Crippen molar-refractivity contribution >= 4 is 0 Å². The smallest absolute Gasteiger partial charge is 0.0296 e. The molecule has 2 aliphatic heterocycles. The van der Waals surface area contributed by atoms with Gasteiger partial charge in [-0.05, 0) is 50.7 Å². The van der Waals surface area contributed by atoms with E-state index < -0.39 is 0 Å². The Hall–Kier alpha value is -0.120. The van der Waals surface area contributed by atoms with Crippen molar-refractivity contribution in [2.75, 3.05) is 26.2 Å². The normalized spacial score (nSPS) is 29.8. The molecule has 2 rings (SSSR count). The summed E-state index contributed by atoms with van der Waals surface area (Å²) in [5, 5.41) is 0. The summed E-state index contributed by atoms with van der Waals surface area (Å²) in [7, 11) is 0. The van der Waals surface area contributed by atoms with Crippen molar-refractivity contribution < 1.29 is 0 Å². The van der Waals surface area contributed by atoms with Crippen LogP contribution in [0.3, 0.4) is 0 Å². The van der Waals surface area contributed by atoms with Crippen LogP contribution < -0.4 is 5.73 Å². The Bertz CT molecular complexity index is 284. The maximum atomic E-state index is 6.47. The molecule has 3 heteroatoms. The van der Waals surface area contributed by atoms with Gasteiger partial charge < -0.3 is 5.73 Å². The van der Waals surface area contributed by atoms with E-state index in [0.717, 1.165) is 12.5 Å². The molecular formula is C16H33N3. The van der Waals surface area contributed by atoms with E-state index in [1.54, 1.807) is 0 Å². The predicted octanol–water partition coefficient (Wildman–Crippen LogP) is 2.31. The maximum absolute atomic E-state index is 6.47. The second kappa shape index (κ2) is 6.11. The van der Waals surface area contributed by atoms with Gasteiger partial charge in [-0.25, -0.2) is 0 Å². The molecule has 3 unspecified atom stereocenters. The van der Waals surface area contributed by atoms with Crippen LogP contribution in [0.25, 0.3) is 0 Å². The van der Waals surface area contributed by atoms with Gasteiger partial charge in [-0.1, -0.05) is 27.7 Å². The van der Waals surface area contributed by atoms with Gasteiger partial charge in [-0.15, -0.1) is 0 Å². The van der Waals surface area contributed by atoms with Gasteiger partial charge in [0.05, 0.1) is 0 Å². The molecule has 112 valence electrons. The first-order valence-corrected chi connectivity index (χ1v) is 8.17. The molecule has 0 radical (unpaired) electrons. The Kier molecular flexibility index (Phi) is 4.91. The number of hydrogen-bond donors (Lipinski definition) is 1. The van der Waals surface area contributed by atoms with Crippen molar-refractivity contribution in [1.82, 2.24) is 9.80 Å². The summed E-state index contributed by atoms with van der Waals surface area (Å²) in [4.78, 5) is 5.42. The van der Waals surface area contributed by atoms with Gasteiger partial charge in [-0.2, -0.15) is 0 Å². The van der Waals surface area contributed by atoms with E-state index in [1.807, 2.05) is 0 Å². The van der Waals surface area contributed by atoms with Crippen LogP contribution in [-0.4, -0.2) is 54.1 Å². The molecule has 0 aliphatic carbocycles. The molecule has 0 aromatic rings. The van der Waals surface area contributed by atoms with Crippen LogP contribution in [-0.2, 0) is 0 Å². The van der Waals surface area contributed by atoms with Gasteiger partial charge in [0.2, 0.25) is 0 Å². The van der Waals surface area contributed by atoms with E-state index in [0.29, 0.717) is 12.1 Å². The van der Waals surface area contributed by atoms with Gasteiger partial charge in [0.15, 0.2) is 0 Å². The molecule has 0 saturated carbocycles. The highest BCUT2D eigenvalue weighted by Crippen LogP contribution is 2.31. The number of hydrogen-bond acceptors (Lipinski definition) is 3. The fourth-order valence-corrected chi connectivity index (χ4v) is 4.17. The molecule has 19 heavy (non-hydrogen) atoms. The van der Waals surface area contributed by atoms with Gasteiger partial charge >= 0.3 is 0 Å². The van der Waals surface area contributed by atoms with Crippen LogP contribution in [0.4, 0.5) is 0 Å². The quantitative estimate of drug-likeness (QED) is 0.852. The SMILES string of the molecule is CCC(N)C(N1CCCN2CCCC2C1)C(C)(C)C. The fraction of sp³-hybridized carbons (Fsp3) is 1.00. The minimum absolute atomic E-state index is 0.267. The van der Waals surface area contributed by atoms with E-state index >= 15 is 0 Å². The highest BCUT2D eigenvalue weighted by atomic mass is 15.3. The minimum atomic E-state index is 0.267. The third kappa shape index (κ3) is 3.50. The molecule has 0 aromatic heterocycles. The summed E-state index contributed by atoms with van der Waals surface area (Å²) < 4.78 is 0. The van der Waals surface area contributed by atoms with E-state index in [2.05, 4.69) is 37.5 Å². The molecule has 0 amide bonds. The zero-order chi connectivity index (χ0) is 14.0. The van der Waals surface area contributed by atoms with Crippen LogP contribution in [0.5, 0.6) is 0 Å². The predicted molar refractivity (Wildman–Crippen MR) is 82.3 cm³/mol. The molecule has 2 heterocycles. The highest BCUT2D eigenvalue weighted by molar-refractivity contribution is 4.95. The van der Waals surface area contributed by atoms with E-state index in [4.69, 9.17) is 5.73 Å². The molecule has 2 N–H and O–H groups in total. The fourth-order valence-electron chi connectivity index (χ4n) is 4.17. The summed E-state index contributed by atoms with van der Waals surface area (Å²) in [6.07, 6.45) is 5.15. The molecule has 3 atom stereocenters. The highest BCUT2D eigenvalue weighted by Gasteiger charge is 2.38. The van der Waals surface area contributed by atoms with Crippen LogP contribution >= 0.6 is 0 Å². The summed E-state index contributed by atoms with van der Waals surface area (Å²) in [6.45, 7) is 14.3. The molecule has 2 saturated heterocycles. The number of rotatable bonds is 3. The zero-order valence-electron chi connectivity index (χ0n) is 13.4. The molecule has 3 nitrogen and oxygen atoms in total. The topological polar surface area (TPSA) is 32.5 Å². The maximum Gasteiger partial charge on any atom is 0.0296 e. The van der Waals surface area contributed by atoms with E-state index in [1.165, 1.54) is 45.4 Å². The lowest BCUT2D eigenvalue weighted by molar-refractivity contribution is 0.0697. The van der Waals surface area contributed by atoms with Crippen molar-refractivity contribution in [2.24, 2.45) is 11.1 Å². The lowest BCUT2D eigenvalue weighted by Gasteiger charge is -2.44. The van der Waals surface area contributed by atoms with Crippen LogP contribution in [0.15, 0.2) is 0 Å². The Morgan fingerprint density at radius 1 is 1.16 bits per heavy atom. The van der Waals surface area contributed by atoms with Crippen molar-refractivity contribution in [2.45, 2.75) is 71.5 Å². The molecule has 2 fully saturated rings. The standard InChI is InChI=1S/C16H33N3/c1-5-14(17)15(16(2,3)4)19-11-7-10-18-9-6-8-13(18)12-19/h13-15H,5-12,17H2,1-4H3. The lowest BCUT2D eigenvalue weighted by Crippen LogP contribution is -2.56. The van der Waals surface area contributed by atoms with Crippen molar-refractivity contribution in [1.29, 1.82) is 0 Å². The lowest BCUT2D eigenvalue weighted by atomic mass is 9.80. The third-order valence-electron chi connectivity index (χ3n) is 4.99. The Morgan fingerprint density at radius 3 is 2.47 bits per heavy atom. The minimum Gasteiger partial charge on any atom is -0.326 e. The summed E-state index contributed by atoms with van der Waals surface area (Å²) >= 11 is 0. The number of nitrogens with zero attached hydrogens (tertiary/aromatic N) is 2. The van der Waals surface area contributed by atoms with Crippen LogP contribution in [0.1, 0.15) is 53.4 Å². The van der Waals surface area contributed by atoms with Gasteiger partial charge in [0, 0.05) is 24.7 Å². The molecular weight excluding hydrogens is 234 g/mol. The largest absolute Gasteiger partial charge is 0.326 e. The second-order valence-corrected chi connectivity index (χ2v) is 7.56. The Balaban J connectivity index is 2.12. The first-order valence-electron chi connectivity index (χ1n) is 8.17. The molecule has 2 aliphatic rings. The molecule has 0 spiro atoms. The van der Waals surface area contributed by atoms with E-state index in [9.17, 15) is 0 Å². The summed E-state index contributed by atoms with van der Waals surface area (Å²) in [6, 6.07) is 1.60. The van der Waals surface area contributed by atoms with Gasteiger partial charge in [-0.3, -0.25) is 9.80 Å². The summed E-state index contributed by atoms with van der Waals surface area (Å²) in [5.74, 6) is 0. The number of fused-ring (bicyclic) bond motifs is 1. The van der Waals surface area contributed by atoms with Gasteiger partial charge in [0.25, 0.3) is 0 Å². The zero-order valence-corrected chi connectivity index (χ0v) is 13.4. The summed E-state index contributed by atoms with van der Waals surface area (Å²) in [5.41, 5.74) is 6.73. The van der Waals surface area contributed by atoms with Crippen LogP contribution in [0.2, 0.25) is 0 Å². The van der Waals surface area contributed by atoms with Crippen molar-refractivity contribution in [3.63, 3.8) is 0 Å². The molecule has 0 bridgehead atoms. The molecule has 0 aromatic carbocycles. The monoisotopic (exact) mass is 267 g/mol. The van der Waals surface area contributed by atoms with Crippen molar-refractivity contribution in [3.8, 4) is 0 Å². The van der Waals surface area contributed by atoms with Crippen molar-refractivity contribution in [3.05, 3.63) is 0 Å². The van der Waals surface area contributed by atoms with E-state index in [-0.39, 0.29) is 5.41 Å². The first-order chi connectivity index (χ1) is 8.93. The average Bonchev–Trinajstić information content (AvgIpc) is 2.66. The second-order valence-electron chi connectivity index (χ2n) is 7.56. The van der Waals surface area contributed by atoms with Gasteiger partial charge in [0.1, 0.15) is 0 Å². The first kappa shape index (κ1) is 15.3. The Morgan fingerprint density at radius 2 is 1.84 bits per heavy atom.